The fourth-order valence-corrected chi connectivity index (χ4v) is 3.71. The molecule has 1 aliphatic rings. The Hall–Kier alpha value is -2.34. The Morgan fingerprint density at radius 1 is 1.17 bits per heavy atom. The number of piperidine rings is 1. The van der Waals surface area contributed by atoms with Crippen LogP contribution in [0.1, 0.15) is 50.9 Å². The molecule has 0 spiro atoms. The largest absolute Gasteiger partial charge is 0.347 e. The lowest BCUT2D eigenvalue weighted by atomic mass is 9.85. The molecular weight excluding hydrogens is 372 g/mol. The first kappa shape index (κ1) is 21.4. The van der Waals surface area contributed by atoms with Crippen molar-refractivity contribution in [3.05, 3.63) is 65.5 Å². The number of aromatic nitrogens is 1. The number of halogens is 2. The van der Waals surface area contributed by atoms with E-state index in [1.165, 1.54) is 0 Å². The van der Waals surface area contributed by atoms with Crippen LogP contribution in [0, 0.1) is 23.0 Å². The Balaban J connectivity index is 1.68. The first-order valence-corrected chi connectivity index (χ1v) is 10.1. The Bertz CT molecular complexity index is 828. The molecule has 156 valence electrons. The number of carbonyl (C=O) groups is 1. The second kappa shape index (κ2) is 8.99. The van der Waals surface area contributed by atoms with E-state index in [9.17, 15) is 13.6 Å². The molecule has 6 heteroatoms. The van der Waals surface area contributed by atoms with Gasteiger partial charge in [0.1, 0.15) is 0 Å². The Labute approximate surface area is 171 Å². The summed E-state index contributed by atoms with van der Waals surface area (Å²) in [6.45, 7) is 7.60. The lowest BCUT2D eigenvalue weighted by Gasteiger charge is -2.37. The van der Waals surface area contributed by atoms with Crippen LogP contribution in [0.5, 0.6) is 0 Å². The van der Waals surface area contributed by atoms with Crippen LogP contribution in [-0.4, -0.2) is 28.9 Å². The second-order valence-electron chi connectivity index (χ2n) is 8.78. The van der Waals surface area contributed by atoms with Crippen molar-refractivity contribution in [3.8, 4) is 0 Å². The van der Waals surface area contributed by atoms with Gasteiger partial charge in [-0.1, -0.05) is 39.0 Å². The Morgan fingerprint density at radius 3 is 2.52 bits per heavy atom. The Kier molecular flexibility index (Phi) is 6.63. The molecule has 0 radical (unpaired) electrons. The van der Waals surface area contributed by atoms with E-state index in [-0.39, 0.29) is 17.9 Å². The standard InChI is InChI=1S/C23H29F2N3O/c1-23(2,3)22(29)27-21(19-9-4-5-12-26-19)16-10-13-28(14-11-16)15-17-7-6-8-18(24)20(17)25/h4-9,12,16,21H,10-11,13-15H2,1-3H3,(H,27,29)/t21-/m0/s1. The number of amides is 1. The van der Waals surface area contributed by atoms with Gasteiger partial charge in [0.05, 0.1) is 11.7 Å². The minimum absolute atomic E-state index is 0.00239. The van der Waals surface area contributed by atoms with Crippen molar-refractivity contribution >= 4 is 5.91 Å². The molecule has 0 bridgehead atoms. The van der Waals surface area contributed by atoms with Gasteiger partial charge in [-0.15, -0.1) is 0 Å². The molecular formula is C23H29F2N3O. The predicted octanol–water partition coefficient (Wildman–Crippen LogP) is 4.48. The lowest BCUT2D eigenvalue weighted by Crippen LogP contribution is -2.44. The number of hydrogen-bond acceptors (Lipinski definition) is 3. The summed E-state index contributed by atoms with van der Waals surface area (Å²) in [5.41, 5.74) is 0.758. The smallest absolute Gasteiger partial charge is 0.225 e. The molecule has 1 aromatic carbocycles. The fourth-order valence-electron chi connectivity index (χ4n) is 3.71. The zero-order valence-corrected chi connectivity index (χ0v) is 17.3. The molecule has 0 saturated carbocycles. The zero-order chi connectivity index (χ0) is 21.0. The maximum absolute atomic E-state index is 14.0. The predicted molar refractivity (Wildman–Crippen MR) is 109 cm³/mol. The summed E-state index contributed by atoms with van der Waals surface area (Å²) in [6.07, 6.45) is 3.44. The molecule has 1 amide bonds. The third-order valence-corrected chi connectivity index (χ3v) is 5.50. The number of rotatable bonds is 5. The van der Waals surface area contributed by atoms with E-state index in [1.807, 2.05) is 39.0 Å². The molecule has 4 nitrogen and oxygen atoms in total. The number of nitrogens with zero attached hydrogens (tertiary/aromatic N) is 2. The highest BCUT2D eigenvalue weighted by molar-refractivity contribution is 5.81. The van der Waals surface area contributed by atoms with Gasteiger partial charge in [-0.05, 0) is 50.0 Å². The summed E-state index contributed by atoms with van der Waals surface area (Å²) in [7, 11) is 0. The van der Waals surface area contributed by atoms with E-state index in [0.29, 0.717) is 12.1 Å². The van der Waals surface area contributed by atoms with Gasteiger partial charge in [0.2, 0.25) is 5.91 Å². The van der Waals surface area contributed by atoms with E-state index >= 15 is 0 Å². The van der Waals surface area contributed by atoms with Gasteiger partial charge in [0.15, 0.2) is 11.6 Å². The molecule has 1 N–H and O–H groups in total. The lowest BCUT2D eigenvalue weighted by molar-refractivity contribution is -0.129. The topological polar surface area (TPSA) is 45.2 Å². The molecule has 1 aliphatic heterocycles. The molecule has 29 heavy (non-hydrogen) atoms. The van der Waals surface area contributed by atoms with E-state index in [1.54, 1.807) is 18.3 Å². The van der Waals surface area contributed by atoms with Gasteiger partial charge in [-0.3, -0.25) is 14.7 Å². The van der Waals surface area contributed by atoms with Gasteiger partial charge >= 0.3 is 0 Å². The van der Waals surface area contributed by atoms with Gasteiger partial charge < -0.3 is 5.32 Å². The van der Waals surface area contributed by atoms with Gasteiger partial charge in [-0.25, -0.2) is 8.78 Å². The zero-order valence-electron chi connectivity index (χ0n) is 17.3. The van der Waals surface area contributed by atoms with Crippen molar-refractivity contribution in [1.29, 1.82) is 0 Å². The first-order valence-electron chi connectivity index (χ1n) is 10.1. The fraction of sp³-hybridized carbons (Fsp3) is 0.478. The summed E-state index contributed by atoms with van der Waals surface area (Å²) in [5, 5.41) is 3.19. The van der Waals surface area contributed by atoms with Gasteiger partial charge in [-0.2, -0.15) is 0 Å². The van der Waals surface area contributed by atoms with Crippen LogP contribution in [0.15, 0.2) is 42.6 Å². The first-order chi connectivity index (χ1) is 13.8. The van der Waals surface area contributed by atoms with Crippen LogP contribution < -0.4 is 5.32 Å². The van der Waals surface area contributed by atoms with Gasteiger partial charge in [0.25, 0.3) is 0 Å². The van der Waals surface area contributed by atoms with E-state index < -0.39 is 17.0 Å². The van der Waals surface area contributed by atoms with Crippen LogP contribution in [0.4, 0.5) is 8.78 Å². The maximum Gasteiger partial charge on any atom is 0.225 e. The molecule has 3 rings (SSSR count). The van der Waals surface area contributed by atoms with E-state index in [2.05, 4.69) is 15.2 Å². The minimum Gasteiger partial charge on any atom is -0.347 e. The SMILES string of the molecule is CC(C)(C)C(=O)N[C@H](c1ccccn1)C1CCN(Cc2cccc(F)c2F)CC1. The quantitative estimate of drug-likeness (QED) is 0.804. The average Bonchev–Trinajstić information content (AvgIpc) is 2.70. The summed E-state index contributed by atoms with van der Waals surface area (Å²) in [5.74, 6) is -1.34. The molecule has 1 saturated heterocycles. The normalized spacial score (nSPS) is 17.1. The second-order valence-corrected chi connectivity index (χ2v) is 8.78. The van der Waals surface area contributed by atoms with Crippen LogP contribution in [0.3, 0.4) is 0 Å². The Morgan fingerprint density at radius 2 is 1.90 bits per heavy atom. The van der Waals surface area contributed by atoms with Crippen LogP contribution in [0.2, 0.25) is 0 Å². The highest BCUT2D eigenvalue weighted by Crippen LogP contribution is 2.32. The molecule has 1 aromatic heterocycles. The summed E-state index contributed by atoms with van der Waals surface area (Å²) in [6, 6.07) is 9.89. The maximum atomic E-state index is 14.0. The molecule has 1 atom stereocenters. The molecule has 0 unspecified atom stereocenters. The number of likely N-dealkylation sites (tertiary alicyclic amines) is 1. The molecule has 0 aliphatic carbocycles. The van der Waals surface area contributed by atoms with Crippen LogP contribution >= 0.6 is 0 Å². The number of benzene rings is 1. The monoisotopic (exact) mass is 401 g/mol. The number of carbonyl (C=O) groups excluding carboxylic acids is 1. The van der Waals surface area contributed by atoms with E-state index in [0.717, 1.165) is 37.7 Å². The van der Waals surface area contributed by atoms with Crippen molar-refractivity contribution < 1.29 is 13.6 Å². The van der Waals surface area contributed by atoms with Crippen LogP contribution in [0.25, 0.3) is 0 Å². The van der Waals surface area contributed by atoms with Crippen molar-refractivity contribution in [2.24, 2.45) is 11.3 Å². The third kappa shape index (κ3) is 5.38. The van der Waals surface area contributed by atoms with E-state index in [4.69, 9.17) is 0 Å². The van der Waals surface area contributed by atoms with Crippen molar-refractivity contribution in [1.82, 2.24) is 15.2 Å². The number of hydrogen-bond donors (Lipinski definition) is 1. The number of nitrogens with one attached hydrogen (secondary N) is 1. The molecule has 1 fully saturated rings. The summed E-state index contributed by atoms with van der Waals surface area (Å²) >= 11 is 0. The van der Waals surface area contributed by atoms with Gasteiger partial charge in [0, 0.05) is 23.7 Å². The average molecular weight is 402 g/mol. The summed E-state index contributed by atoms with van der Waals surface area (Å²) < 4.78 is 27.4. The highest BCUT2D eigenvalue weighted by Gasteiger charge is 2.32. The third-order valence-electron chi connectivity index (χ3n) is 5.50. The van der Waals surface area contributed by atoms with Crippen LogP contribution in [-0.2, 0) is 11.3 Å². The van der Waals surface area contributed by atoms with Crippen molar-refractivity contribution in [2.45, 2.75) is 46.2 Å². The van der Waals surface area contributed by atoms with Crippen molar-refractivity contribution in [2.75, 3.05) is 13.1 Å². The number of pyridine rings is 1. The summed E-state index contributed by atoms with van der Waals surface area (Å²) in [4.78, 5) is 19.3. The molecule has 2 heterocycles. The highest BCUT2D eigenvalue weighted by atomic mass is 19.2. The minimum atomic E-state index is -0.808. The molecule has 2 aromatic rings. The van der Waals surface area contributed by atoms with Crippen molar-refractivity contribution in [3.63, 3.8) is 0 Å².